The van der Waals surface area contributed by atoms with Gasteiger partial charge >= 0.3 is 0 Å². The number of anilines is 2. The van der Waals surface area contributed by atoms with Gasteiger partial charge in [0.2, 0.25) is 15.9 Å². The number of hydrogen-bond donors (Lipinski definition) is 1. The van der Waals surface area contributed by atoms with Crippen LogP contribution in [-0.4, -0.2) is 46.3 Å². The van der Waals surface area contributed by atoms with E-state index in [4.69, 9.17) is 9.47 Å². The van der Waals surface area contributed by atoms with Gasteiger partial charge in [-0.2, -0.15) is 0 Å². The van der Waals surface area contributed by atoms with Crippen LogP contribution >= 0.6 is 0 Å². The van der Waals surface area contributed by atoms with Crippen molar-refractivity contribution in [3.8, 4) is 11.5 Å². The number of nitro benzene ring substituents is 1. The summed E-state index contributed by atoms with van der Waals surface area (Å²) in [4.78, 5) is 22.7. The fourth-order valence-electron chi connectivity index (χ4n) is 2.40. The zero-order chi connectivity index (χ0) is 20.9. The molecule has 0 atom stereocenters. The van der Waals surface area contributed by atoms with Gasteiger partial charge in [0.05, 0.1) is 31.1 Å². The van der Waals surface area contributed by atoms with E-state index in [0.29, 0.717) is 5.75 Å². The molecule has 0 saturated carbocycles. The number of methoxy groups -OCH3 is 2. The van der Waals surface area contributed by atoms with Crippen molar-refractivity contribution in [1.82, 2.24) is 0 Å². The van der Waals surface area contributed by atoms with E-state index in [1.807, 2.05) is 0 Å². The van der Waals surface area contributed by atoms with Crippen LogP contribution in [0.2, 0.25) is 0 Å². The van der Waals surface area contributed by atoms with Gasteiger partial charge in [-0.3, -0.25) is 19.2 Å². The van der Waals surface area contributed by atoms with Crippen LogP contribution in [0.25, 0.3) is 0 Å². The molecule has 0 spiro atoms. The number of carbonyl (C=O) groups is 1. The Kier molecular flexibility index (Phi) is 6.41. The lowest BCUT2D eigenvalue weighted by atomic mass is 10.2. The molecule has 0 aliphatic heterocycles. The first-order valence-corrected chi connectivity index (χ1v) is 9.74. The molecule has 0 aliphatic rings. The van der Waals surface area contributed by atoms with Gasteiger partial charge in [0.1, 0.15) is 18.0 Å². The van der Waals surface area contributed by atoms with Gasteiger partial charge in [-0.15, -0.1) is 0 Å². The van der Waals surface area contributed by atoms with E-state index < -0.39 is 27.4 Å². The Hall–Kier alpha value is -3.34. The Labute approximate surface area is 161 Å². The average Bonchev–Trinajstić information content (AvgIpc) is 2.64. The average molecular weight is 409 g/mol. The molecule has 10 nitrogen and oxygen atoms in total. The van der Waals surface area contributed by atoms with E-state index in [1.54, 1.807) is 6.07 Å². The van der Waals surface area contributed by atoms with Crippen molar-refractivity contribution in [2.75, 3.05) is 36.6 Å². The summed E-state index contributed by atoms with van der Waals surface area (Å²) in [5, 5.41) is 13.3. The largest absolute Gasteiger partial charge is 0.497 e. The zero-order valence-electron chi connectivity index (χ0n) is 15.4. The van der Waals surface area contributed by atoms with Crippen LogP contribution in [0.4, 0.5) is 17.1 Å². The summed E-state index contributed by atoms with van der Waals surface area (Å²) in [6.07, 6.45) is 0.951. The maximum absolute atomic E-state index is 12.4. The fraction of sp³-hybridized carbons (Fsp3) is 0.235. The number of nitrogens with zero attached hydrogens (tertiary/aromatic N) is 2. The van der Waals surface area contributed by atoms with Crippen molar-refractivity contribution in [2.45, 2.75) is 0 Å². The molecule has 0 aliphatic carbocycles. The highest BCUT2D eigenvalue weighted by atomic mass is 32.2. The molecule has 11 heteroatoms. The van der Waals surface area contributed by atoms with E-state index in [2.05, 4.69) is 5.32 Å². The molecule has 2 aromatic carbocycles. The van der Waals surface area contributed by atoms with Crippen LogP contribution in [0.15, 0.2) is 42.5 Å². The number of hydrogen-bond acceptors (Lipinski definition) is 7. The van der Waals surface area contributed by atoms with Gasteiger partial charge in [-0.25, -0.2) is 8.42 Å². The van der Waals surface area contributed by atoms with Crippen LogP contribution in [0.3, 0.4) is 0 Å². The highest BCUT2D eigenvalue weighted by Crippen LogP contribution is 2.33. The van der Waals surface area contributed by atoms with Gasteiger partial charge in [0, 0.05) is 23.9 Å². The Balaban J connectivity index is 2.32. The molecule has 2 rings (SSSR count). The first-order valence-electron chi connectivity index (χ1n) is 7.89. The number of nitro groups is 1. The molecule has 0 aromatic heterocycles. The molecule has 0 heterocycles. The monoisotopic (exact) mass is 409 g/mol. The molecule has 150 valence electrons. The second-order valence-electron chi connectivity index (χ2n) is 5.66. The van der Waals surface area contributed by atoms with E-state index in [-0.39, 0.29) is 22.8 Å². The lowest BCUT2D eigenvalue weighted by molar-refractivity contribution is -0.384. The van der Waals surface area contributed by atoms with Gasteiger partial charge in [0.25, 0.3) is 5.69 Å². The zero-order valence-corrected chi connectivity index (χ0v) is 16.2. The maximum Gasteiger partial charge on any atom is 0.271 e. The van der Waals surface area contributed by atoms with Gasteiger partial charge in [-0.1, -0.05) is 6.07 Å². The Morgan fingerprint density at radius 3 is 2.46 bits per heavy atom. The number of sulfonamides is 1. The Bertz CT molecular complexity index is 992. The molecule has 0 bridgehead atoms. The molecule has 0 fully saturated rings. The Morgan fingerprint density at radius 1 is 1.18 bits per heavy atom. The summed E-state index contributed by atoms with van der Waals surface area (Å²) in [6, 6.07) is 9.86. The van der Waals surface area contributed by atoms with E-state index in [1.165, 1.54) is 50.6 Å². The summed E-state index contributed by atoms with van der Waals surface area (Å²) in [5.74, 6) is -0.0753. The van der Waals surface area contributed by atoms with E-state index in [9.17, 15) is 23.3 Å². The van der Waals surface area contributed by atoms with Crippen LogP contribution < -0.4 is 19.1 Å². The van der Waals surface area contributed by atoms with Crippen molar-refractivity contribution >= 4 is 33.0 Å². The maximum atomic E-state index is 12.4. The number of non-ortho nitro benzene ring substituents is 1. The first kappa shape index (κ1) is 21.0. The molecule has 0 unspecified atom stereocenters. The third kappa shape index (κ3) is 5.10. The normalized spacial score (nSPS) is 10.8. The van der Waals surface area contributed by atoms with Crippen molar-refractivity contribution in [3.63, 3.8) is 0 Å². The second kappa shape index (κ2) is 8.57. The topological polar surface area (TPSA) is 128 Å². The van der Waals surface area contributed by atoms with Crippen molar-refractivity contribution in [3.05, 3.63) is 52.6 Å². The molecule has 1 amide bonds. The SMILES string of the molecule is COc1ccc(OC)c(N(CC(=O)Nc2cccc([N+](=O)[O-])c2)S(C)(=O)=O)c1. The summed E-state index contributed by atoms with van der Waals surface area (Å²) in [5.41, 5.74) is 0.0936. The quantitative estimate of drug-likeness (QED) is 0.522. The number of carbonyl (C=O) groups excluding carboxylic acids is 1. The summed E-state index contributed by atoms with van der Waals surface area (Å²) < 4.78 is 35.8. The third-order valence-corrected chi connectivity index (χ3v) is 4.81. The number of nitrogens with one attached hydrogen (secondary N) is 1. The predicted octanol–water partition coefficient (Wildman–Crippen LogP) is 2.02. The minimum atomic E-state index is -3.86. The first-order chi connectivity index (χ1) is 13.2. The van der Waals surface area contributed by atoms with Crippen LogP contribution in [0, 0.1) is 10.1 Å². The minimum absolute atomic E-state index is 0.124. The van der Waals surface area contributed by atoms with E-state index >= 15 is 0 Å². The summed E-state index contributed by atoms with van der Waals surface area (Å²) in [7, 11) is -1.06. The van der Waals surface area contributed by atoms with Crippen LogP contribution in [0.1, 0.15) is 0 Å². The van der Waals surface area contributed by atoms with Crippen LogP contribution in [-0.2, 0) is 14.8 Å². The van der Waals surface area contributed by atoms with Gasteiger partial charge < -0.3 is 14.8 Å². The Morgan fingerprint density at radius 2 is 1.89 bits per heavy atom. The molecular formula is C17H19N3O7S. The van der Waals surface area contributed by atoms with Gasteiger partial charge in [-0.05, 0) is 18.2 Å². The smallest absolute Gasteiger partial charge is 0.271 e. The highest BCUT2D eigenvalue weighted by molar-refractivity contribution is 7.92. The predicted molar refractivity (Wildman–Crippen MR) is 103 cm³/mol. The van der Waals surface area contributed by atoms with Crippen LogP contribution in [0.5, 0.6) is 11.5 Å². The highest BCUT2D eigenvalue weighted by Gasteiger charge is 2.25. The van der Waals surface area contributed by atoms with Crippen molar-refractivity contribution < 1.29 is 27.6 Å². The molecular weight excluding hydrogens is 390 g/mol. The van der Waals surface area contributed by atoms with E-state index in [0.717, 1.165) is 10.6 Å². The molecule has 0 radical (unpaired) electrons. The second-order valence-corrected chi connectivity index (χ2v) is 7.57. The standard InChI is InChI=1S/C17H19N3O7S/c1-26-14-7-8-16(27-2)15(10-14)19(28(3,24)25)11-17(21)18-12-5-4-6-13(9-12)20(22)23/h4-10H,11H2,1-3H3,(H,18,21). The number of benzene rings is 2. The fourth-order valence-corrected chi connectivity index (χ4v) is 3.25. The lowest BCUT2D eigenvalue weighted by Gasteiger charge is -2.24. The number of ether oxygens (including phenoxy) is 2. The molecule has 28 heavy (non-hydrogen) atoms. The number of rotatable bonds is 8. The third-order valence-electron chi connectivity index (χ3n) is 3.68. The van der Waals surface area contributed by atoms with Crippen molar-refractivity contribution in [2.24, 2.45) is 0 Å². The number of amides is 1. The minimum Gasteiger partial charge on any atom is -0.497 e. The lowest BCUT2D eigenvalue weighted by Crippen LogP contribution is -2.37. The van der Waals surface area contributed by atoms with Crippen molar-refractivity contribution in [1.29, 1.82) is 0 Å². The molecule has 0 saturated heterocycles. The summed E-state index contributed by atoms with van der Waals surface area (Å²) >= 11 is 0. The van der Waals surface area contributed by atoms with Gasteiger partial charge in [0.15, 0.2) is 0 Å². The molecule has 1 N–H and O–H groups in total. The summed E-state index contributed by atoms with van der Waals surface area (Å²) in [6.45, 7) is -0.564. The molecule has 2 aromatic rings.